The summed E-state index contributed by atoms with van der Waals surface area (Å²) in [6.07, 6.45) is 0. The third kappa shape index (κ3) is 3.26. The first kappa shape index (κ1) is 13.4. The molecular weight excluding hydrogens is 264 g/mol. The first-order valence-corrected chi connectivity index (χ1v) is 6.51. The predicted octanol–water partition coefficient (Wildman–Crippen LogP) is 3.34. The second kappa shape index (κ2) is 5.75. The molecule has 0 atom stereocenters. The molecule has 1 aromatic heterocycles. The Morgan fingerprint density at radius 1 is 1.37 bits per heavy atom. The highest BCUT2D eigenvalue weighted by atomic mass is 32.1. The Kier molecular flexibility index (Phi) is 4.06. The molecule has 1 N–H and O–H groups in total. The van der Waals surface area contributed by atoms with Crippen molar-refractivity contribution in [3.63, 3.8) is 0 Å². The van der Waals surface area contributed by atoms with Crippen molar-refractivity contribution in [1.82, 2.24) is 0 Å². The van der Waals surface area contributed by atoms with Crippen molar-refractivity contribution >= 4 is 17.3 Å². The minimum Gasteiger partial charge on any atom is -0.497 e. The van der Waals surface area contributed by atoms with E-state index in [0.717, 1.165) is 16.2 Å². The second-order valence-corrected chi connectivity index (χ2v) is 5.25. The van der Waals surface area contributed by atoms with Gasteiger partial charge in [0, 0.05) is 4.88 Å². The summed E-state index contributed by atoms with van der Waals surface area (Å²) in [5.41, 5.74) is 0.930. The zero-order valence-corrected chi connectivity index (χ0v) is 11.5. The largest absolute Gasteiger partial charge is 0.497 e. The highest BCUT2D eigenvalue weighted by Gasteiger charge is 2.15. The molecule has 2 rings (SSSR count). The Morgan fingerprint density at radius 2 is 2.16 bits per heavy atom. The summed E-state index contributed by atoms with van der Waals surface area (Å²) in [6, 6.07) is 9.23. The van der Waals surface area contributed by atoms with Crippen LogP contribution in [0.2, 0.25) is 0 Å². The zero-order valence-electron chi connectivity index (χ0n) is 10.7. The SMILES string of the molecule is COc1cccc(COc2cc(C)sc2C(=O)O)c1. The molecule has 0 saturated heterocycles. The number of rotatable bonds is 5. The Labute approximate surface area is 115 Å². The first-order valence-electron chi connectivity index (χ1n) is 5.69. The summed E-state index contributed by atoms with van der Waals surface area (Å²) in [5.74, 6) is 0.206. The summed E-state index contributed by atoms with van der Waals surface area (Å²) in [4.78, 5) is 12.2. The average molecular weight is 278 g/mol. The van der Waals surface area contributed by atoms with Crippen LogP contribution in [-0.4, -0.2) is 18.2 Å². The Bertz CT molecular complexity index is 589. The molecular formula is C14H14O4S. The lowest BCUT2D eigenvalue weighted by molar-refractivity contribution is 0.0697. The predicted molar refractivity (Wildman–Crippen MR) is 73.3 cm³/mol. The highest BCUT2D eigenvalue weighted by molar-refractivity contribution is 7.14. The maximum absolute atomic E-state index is 11.1. The van der Waals surface area contributed by atoms with Crippen LogP contribution in [0.4, 0.5) is 0 Å². The van der Waals surface area contributed by atoms with Crippen molar-refractivity contribution in [2.24, 2.45) is 0 Å². The number of hydrogen-bond acceptors (Lipinski definition) is 4. The van der Waals surface area contributed by atoms with Gasteiger partial charge in [0.25, 0.3) is 0 Å². The van der Waals surface area contributed by atoms with Crippen LogP contribution in [0.1, 0.15) is 20.1 Å². The monoisotopic (exact) mass is 278 g/mol. The van der Waals surface area contributed by atoms with Crippen LogP contribution in [-0.2, 0) is 6.61 Å². The molecule has 0 aliphatic heterocycles. The second-order valence-electron chi connectivity index (χ2n) is 4.00. The fraction of sp³-hybridized carbons (Fsp3) is 0.214. The molecule has 0 aliphatic rings. The Hall–Kier alpha value is -2.01. The van der Waals surface area contributed by atoms with E-state index in [9.17, 15) is 4.79 Å². The van der Waals surface area contributed by atoms with E-state index in [4.69, 9.17) is 14.6 Å². The standard InChI is InChI=1S/C14H14O4S/c1-9-6-12(13(19-9)14(15)16)18-8-10-4-3-5-11(7-10)17-2/h3-7H,8H2,1-2H3,(H,15,16). The molecule has 100 valence electrons. The van der Waals surface area contributed by atoms with E-state index >= 15 is 0 Å². The van der Waals surface area contributed by atoms with Crippen molar-refractivity contribution in [2.75, 3.05) is 7.11 Å². The van der Waals surface area contributed by atoms with Crippen LogP contribution < -0.4 is 9.47 Å². The molecule has 2 aromatic rings. The number of methoxy groups -OCH3 is 1. The molecule has 0 saturated carbocycles. The molecule has 0 aliphatic carbocycles. The number of hydrogen-bond donors (Lipinski definition) is 1. The smallest absolute Gasteiger partial charge is 0.349 e. The van der Waals surface area contributed by atoms with Gasteiger partial charge in [-0.3, -0.25) is 0 Å². The molecule has 4 nitrogen and oxygen atoms in total. The summed E-state index contributed by atoms with van der Waals surface area (Å²) in [6.45, 7) is 2.17. The van der Waals surface area contributed by atoms with Gasteiger partial charge >= 0.3 is 5.97 Å². The van der Waals surface area contributed by atoms with E-state index in [1.807, 2.05) is 31.2 Å². The van der Waals surface area contributed by atoms with Crippen LogP contribution in [0.3, 0.4) is 0 Å². The maximum Gasteiger partial charge on any atom is 0.349 e. The van der Waals surface area contributed by atoms with Crippen LogP contribution >= 0.6 is 11.3 Å². The van der Waals surface area contributed by atoms with E-state index < -0.39 is 5.97 Å². The third-order valence-electron chi connectivity index (χ3n) is 2.54. The number of aryl methyl sites for hydroxylation is 1. The van der Waals surface area contributed by atoms with Crippen LogP contribution in [0.25, 0.3) is 0 Å². The van der Waals surface area contributed by atoms with Crippen molar-refractivity contribution in [1.29, 1.82) is 0 Å². The van der Waals surface area contributed by atoms with Gasteiger partial charge in [0.2, 0.25) is 0 Å². The number of benzene rings is 1. The van der Waals surface area contributed by atoms with E-state index in [1.54, 1.807) is 13.2 Å². The highest BCUT2D eigenvalue weighted by Crippen LogP contribution is 2.29. The van der Waals surface area contributed by atoms with Gasteiger partial charge < -0.3 is 14.6 Å². The van der Waals surface area contributed by atoms with Crippen LogP contribution in [0.15, 0.2) is 30.3 Å². The van der Waals surface area contributed by atoms with Crippen molar-refractivity contribution < 1.29 is 19.4 Å². The van der Waals surface area contributed by atoms with E-state index in [2.05, 4.69) is 0 Å². The van der Waals surface area contributed by atoms with Gasteiger partial charge in [-0.1, -0.05) is 12.1 Å². The van der Waals surface area contributed by atoms with Crippen LogP contribution in [0.5, 0.6) is 11.5 Å². The van der Waals surface area contributed by atoms with Gasteiger partial charge in [-0.15, -0.1) is 11.3 Å². The summed E-state index contributed by atoms with van der Waals surface area (Å²) >= 11 is 1.22. The van der Waals surface area contributed by atoms with Crippen LogP contribution in [0, 0.1) is 6.92 Å². The molecule has 0 amide bonds. The first-order chi connectivity index (χ1) is 9.10. The maximum atomic E-state index is 11.1. The summed E-state index contributed by atoms with van der Waals surface area (Å²) < 4.78 is 10.7. The normalized spacial score (nSPS) is 10.2. The Morgan fingerprint density at radius 3 is 2.84 bits per heavy atom. The fourth-order valence-corrected chi connectivity index (χ4v) is 2.46. The van der Waals surface area contributed by atoms with Gasteiger partial charge in [-0.2, -0.15) is 0 Å². The lowest BCUT2D eigenvalue weighted by atomic mass is 10.2. The van der Waals surface area contributed by atoms with Gasteiger partial charge in [0.05, 0.1) is 7.11 Å². The lowest BCUT2D eigenvalue weighted by Crippen LogP contribution is -2.00. The zero-order chi connectivity index (χ0) is 13.8. The lowest BCUT2D eigenvalue weighted by Gasteiger charge is -2.07. The third-order valence-corrected chi connectivity index (χ3v) is 3.56. The topological polar surface area (TPSA) is 55.8 Å². The van der Waals surface area contributed by atoms with Gasteiger partial charge in [0.1, 0.15) is 18.1 Å². The van der Waals surface area contributed by atoms with Gasteiger partial charge in [-0.05, 0) is 30.7 Å². The van der Waals surface area contributed by atoms with Crippen molar-refractivity contribution in [3.8, 4) is 11.5 Å². The minimum absolute atomic E-state index is 0.236. The molecule has 0 bridgehead atoms. The average Bonchev–Trinajstić information content (AvgIpc) is 2.78. The molecule has 0 spiro atoms. The number of carboxylic acids is 1. The number of carboxylic acid groups (broad SMARTS) is 1. The summed E-state index contributed by atoms with van der Waals surface area (Å²) in [5, 5.41) is 9.07. The molecule has 5 heteroatoms. The fourth-order valence-electron chi connectivity index (χ4n) is 1.67. The summed E-state index contributed by atoms with van der Waals surface area (Å²) in [7, 11) is 1.60. The van der Waals surface area contributed by atoms with Gasteiger partial charge in [-0.25, -0.2) is 4.79 Å². The number of aromatic carboxylic acids is 1. The van der Waals surface area contributed by atoms with Gasteiger partial charge in [0.15, 0.2) is 4.88 Å². The minimum atomic E-state index is -0.959. The van der Waals surface area contributed by atoms with E-state index in [1.165, 1.54) is 11.3 Å². The van der Waals surface area contributed by atoms with Crippen molar-refractivity contribution in [3.05, 3.63) is 45.6 Å². The molecule has 0 radical (unpaired) electrons. The molecule has 0 unspecified atom stereocenters. The quantitative estimate of drug-likeness (QED) is 0.911. The Balaban J connectivity index is 2.11. The number of carbonyl (C=O) groups is 1. The molecule has 1 aromatic carbocycles. The van der Waals surface area contributed by atoms with Crippen molar-refractivity contribution in [2.45, 2.75) is 13.5 Å². The number of ether oxygens (including phenoxy) is 2. The van der Waals surface area contributed by atoms with E-state index in [0.29, 0.717) is 12.4 Å². The molecule has 0 fully saturated rings. The molecule has 1 heterocycles. The van der Waals surface area contributed by atoms with E-state index in [-0.39, 0.29) is 4.88 Å². The number of thiophene rings is 1. The molecule has 19 heavy (non-hydrogen) atoms.